The lowest BCUT2D eigenvalue weighted by molar-refractivity contribution is -0.128. The maximum Gasteiger partial charge on any atom is 0.257 e. The summed E-state index contributed by atoms with van der Waals surface area (Å²) in [7, 11) is 0. The molecule has 30 heavy (non-hydrogen) atoms. The molecule has 8 nitrogen and oxygen atoms in total. The van der Waals surface area contributed by atoms with Crippen LogP contribution in [0.15, 0.2) is 24.3 Å². The lowest BCUT2D eigenvalue weighted by Gasteiger charge is -2.16. The minimum absolute atomic E-state index is 0.0365. The third kappa shape index (κ3) is 5.63. The number of nitrogens with zero attached hydrogens (tertiary/aromatic N) is 3. The van der Waals surface area contributed by atoms with Gasteiger partial charge in [0.05, 0.1) is 5.92 Å². The molecule has 0 bridgehead atoms. The summed E-state index contributed by atoms with van der Waals surface area (Å²) in [5, 5.41) is 15.0. The maximum atomic E-state index is 12.5. The van der Waals surface area contributed by atoms with Crippen molar-refractivity contribution in [2.45, 2.75) is 46.0 Å². The molecule has 1 fully saturated rings. The fourth-order valence-corrected chi connectivity index (χ4v) is 4.09. The highest BCUT2D eigenvalue weighted by atomic mass is 32.1. The zero-order valence-corrected chi connectivity index (χ0v) is 18.1. The van der Waals surface area contributed by atoms with Crippen LogP contribution in [-0.4, -0.2) is 45.9 Å². The van der Waals surface area contributed by atoms with E-state index in [2.05, 4.69) is 34.7 Å². The van der Waals surface area contributed by atoms with Crippen LogP contribution in [0.5, 0.6) is 0 Å². The number of carbonyl (C=O) groups excluding carboxylic acids is 3. The molecule has 1 aromatic carbocycles. The average molecular weight is 430 g/mol. The van der Waals surface area contributed by atoms with E-state index in [1.807, 2.05) is 0 Å². The van der Waals surface area contributed by atoms with Crippen LogP contribution in [0.2, 0.25) is 0 Å². The van der Waals surface area contributed by atoms with E-state index in [0.29, 0.717) is 29.5 Å². The van der Waals surface area contributed by atoms with Gasteiger partial charge in [-0.15, -0.1) is 10.2 Å². The van der Waals surface area contributed by atoms with Gasteiger partial charge in [-0.25, -0.2) is 0 Å². The summed E-state index contributed by atoms with van der Waals surface area (Å²) in [4.78, 5) is 38.7. The van der Waals surface area contributed by atoms with E-state index >= 15 is 0 Å². The highest BCUT2D eigenvalue weighted by Crippen LogP contribution is 2.21. The number of rotatable bonds is 9. The monoisotopic (exact) mass is 429 g/mol. The van der Waals surface area contributed by atoms with Crippen LogP contribution < -0.4 is 10.6 Å². The van der Waals surface area contributed by atoms with Crippen molar-refractivity contribution in [3.63, 3.8) is 0 Å². The summed E-state index contributed by atoms with van der Waals surface area (Å²) in [6.07, 6.45) is 4.02. The van der Waals surface area contributed by atoms with E-state index in [0.717, 1.165) is 30.7 Å². The van der Waals surface area contributed by atoms with Gasteiger partial charge in [-0.1, -0.05) is 31.6 Å². The van der Waals surface area contributed by atoms with Gasteiger partial charge in [0.25, 0.3) is 5.91 Å². The summed E-state index contributed by atoms with van der Waals surface area (Å²) in [5.41, 5.74) is 1.05. The molecular weight excluding hydrogens is 402 g/mol. The number of aryl methyl sites for hydroxylation is 1. The fraction of sp³-hybridized carbons (Fsp3) is 0.476. The van der Waals surface area contributed by atoms with Crippen LogP contribution in [-0.2, 0) is 16.0 Å². The number of anilines is 2. The van der Waals surface area contributed by atoms with Crippen molar-refractivity contribution in [1.29, 1.82) is 0 Å². The lowest BCUT2D eigenvalue weighted by Crippen LogP contribution is -2.29. The third-order valence-corrected chi connectivity index (χ3v) is 5.83. The molecule has 0 saturated carbocycles. The molecule has 0 aliphatic carbocycles. The minimum Gasteiger partial charge on any atom is -0.342 e. The Bertz CT molecular complexity index is 896. The van der Waals surface area contributed by atoms with E-state index in [9.17, 15) is 14.4 Å². The standard InChI is InChI=1S/C21H27N5O3S/c1-3-5-11-26-13-15(12-18(26)27)20(29)22-16-9-7-14(8-10-16)19(28)23-21-25-24-17(30-21)6-4-2/h7-10,15H,3-6,11-13H2,1-2H3,(H,22,29)(H,23,25,28). The molecule has 1 aliphatic rings. The highest BCUT2D eigenvalue weighted by Gasteiger charge is 2.33. The fourth-order valence-electron chi connectivity index (χ4n) is 3.25. The van der Waals surface area contributed by atoms with Gasteiger partial charge in [-0.05, 0) is 37.1 Å². The van der Waals surface area contributed by atoms with Crippen molar-refractivity contribution in [1.82, 2.24) is 15.1 Å². The quantitative estimate of drug-likeness (QED) is 0.636. The number of amides is 3. The zero-order chi connectivity index (χ0) is 21.5. The van der Waals surface area contributed by atoms with Crippen LogP contribution in [0.3, 0.4) is 0 Å². The molecule has 0 spiro atoms. The first kappa shape index (κ1) is 21.9. The number of hydrogen-bond donors (Lipinski definition) is 2. The van der Waals surface area contributed by atoms with Gasteiger partial charge in [0.1, 0.15) is 5.01 Å². The van der Waals surface area contributed by atoms with Gasteiger partial charge in [-0.3, -0.25) is 19.7 Å². The van der Waals surface area contributed by atoms with Crippen molar-refractivity contribution in [3.8, 4) is 0 Å². The molecule has 1 aromatic heterocycles. The molecule has 0 radical (unpaired) electrons. The zero-order valence-electron chi connectivity index (χ0n) is 17.3. The number of hydrogen-bond acceptors (Lipinski definition) is 6. The summed E-state index contributed by atoms with van der Waals surface area (Å²) < 4.78 is 0. The van der Waals surface area contributed by atoms with E-state index in [4.69, 9.17) is 0 Å². The van der Waals surface area contributed by atoms with Crippen molar-refractivity contribution in [2.75, 3.05) is 23.7 Å². The average Bonchev–Trinajstić information content (AvgIpc) is 3.33. The molecule has 3 amide bonds. The van der Waals surface area contributed by atoms with Gasteiger partial charge in [0.15, 0.2) is 0 Å². The lowest BCUT2D eigenvalue weighted by atomic mass is 10.1. The Hall–Kier alpha value is -2.81. The smallest absolute Gasteiger partial charge is 0.257 e. The molecule has 1 aliphatic heterocycles. The molecule has 160 valence electrons. The predicted octanol–water partition coefficient (Wildman–Crippen LogP) is 3.33. The number of nitrogens with one attached hydrogen (secondary N) is 2. The van der Waals surface area contributed by atoms with Gasteiger partial charge >= 0.3 is 0 Å². The highest BCUT2D eigenvalue weighted by molar-refractivity contribution is 7.15. The molecule has 2 heterocycles. The molecule has 2 aromatic rings. The van der Waals surface area contributed by atoms with Gasteiger partial charge in [0.2, 0.25) is 16.9 Å². The second kappa shape index (κ2) is 10.3. The van der Waals surface area contributed by atoms with Crippen molar-refractivity contribution in [3.05, 3.63) is 34.8 Å². The minimum atomic E-state index is -0.341. The second-order valence-corrected chi connectivity index (χ2v) is 8.43. The SMILES string of the molecule is CCCCN1CC(C(=O)Nc2ccc(C(=O)Nc3nnc(CCC)s3)cc2)CC1=O. The largest absolute Gasteiger partial charge is 0.342 e. The Labute approximate surface area is 180 Å². The topological polar surface area (TPSA) is 104 Å². The molecule has 1 unspecified atom stereocenters. The summed E-state index contributed by atoms with van der Waals surface area (Å²) in [6.45, 7) is 5.31. The van der Waals surface area contributed by atoms with Crippen LogP contribution in [0.1, 0.15) is 54.9 Å². The summed E-state index contributed by atoms with van der Waals surface area (Å²) in [6, 6.07) is 6.65. The molecule has 1 saturated heterocycles. The van der Waals surface area contributed by atoms with E-state index in [-0.39, 0.29) is 30.1 Å². The second-order valence-electron chi connectivity index (χ2n) is 7.37. The summed E-state index contributed by atoms with van der Waals surface area (Å²) in [5.74, 6) is -0.752. The van der Waals surface area contributed by atoms with Crippen molar-refractivity contribution >= 4 is 39.9 Å². The van der Waals surface area contributed by atoms with E-state index in [1.54, 1.807) is 29.2 Å². The molecule has 3 rings (SSSR count). The third-order valence-electron chi connectivity index (χ3n) is 4.93. The maximum absolute atomic E-state index is 12.5. The Morgan fingerprint density at radius 3 is 2.60 bits per heavy atom. The Morgan fingerprint density at radius 2 is 1.90 bits per heavy atom. The normalized spacial score (nSPS) is 16.0. The van der Waals surface area contributed by atoms with Crippen LogP contribution in [0, 0.1) is 5.92 Å². The molecule has 2 N–H and O–H groups in total. The molecule has 1 atom stereocenters. The first-order chi connectivity index (χ1) is 14.5. The number of aromatic nitrogens is 2. The van der Waals surface area contributed by atoms with Gasteiger partial charge in [0, 0.05) is 37.2 Å². The number of benzene rings is 1. The predicted molar refractivity (Wildman–Crippen MR) is 117 cm³/mol. The first-order valence-electron chi connectivity index (χ1n) is 10.3. The van der Waals surface area contributed by atoms with E-state index in [1.165, 1.54) is 11.3 Å². The van der Waals surface area contributed by atoms with Gasteiger partial charge in [-0.2, -0.15) is 0 Å². The van der Waals surface area contributed by atoms with Crippen LogP contribution in [0.25, 0.3) is 0 Å². The van der Waals surface area contributed by atoms with Gasteiger partial charge < -0.3 is 10.2 Å². The summed E-state index contributed by atoms with van der Waals surface area (Å²) >= 11 is 1.37. The Kier molecular flexibility index (Phi) is 7.51. The van der Waals surface area contributed by atoms with E-state index < -0.39 is 0 Å². The Morgan fingerprint density at radius 1 is 1.13 bits per heavy atom. The van der Waals surface area contributed by atoms with Crippen LogP contribution in [0.4, 0.5) is 10.8 Å². The number of likely N-dealkylation sites (tertiary alicyclic amines) is 1. The number of unbranched alkanes of at least 4 members (excludes halogenated alkanes) is 1. The molecule has 9 heteroatoms. The Balaban J connectivity index is 1.53. The first-order valence-corrected chi connectivity index (χ1v) is 11.1. The van der Waals surface area contributed by atoms with Crippen molar-refractivity contribution in [2.24, 2.45) is 5.92 Å². The van der Waals surface area contributed by atoms with Crippen LogP contribution >= 0.6 is 11.3 Å². The number of carbonyl (C=O) groups is 3. The van der Waals surface area contributed by atoms with Crippen molar-refractivity contribution < 1.29 is 14.4 Å². The molecular formula is C21H27N5O3S.